The Balaban J connectivity index is 2.17. The van der Waals surface area contributed by atoms with E-state index < -0.39 is 0 Å². The van der Waals surface area contributed by atoms with Gasteiger partial charge in [-0.3, -0.25) is 4.98 Å². The fraction of sp³-hybridized carbons (Fsp3) is 0.214. The van der Waals surface area contributed by atoms with E-state index in [1.165, 1.54) is 4.90 Å². The van der Waals surface area contributed by atoms with Gasteiger partial charge in [0, 0.05) is 17.3 Å². The molecular weight excluding hydrogens is 228 g/mol. The summed E-state index contributed by atoms with van der Waals surface area (Å²) in [4.78, 5) is 5.38. The molecule has 0 bridgehead atoms. The molecule has 2 aromatic rings. The zero-order chi connectivity index (χ0) is 12.1. The number of nitrogens with zero attached hydrogens (tertiary/aromatic N) is 1. The van der Waals surface area contributed by atoms with Gasteiger partial charge in [0.2, 0.25) is 0 Å². The average molecular weight is 244 g/mol. The SMILES string of the molecule is CCSc1ccc(C(N)c2cccnc2)cc1. The monoisotopic (exact) mass is 244 g/mol. The average Bonchev–Trinajstić information content (AvgIpc) is 2.40. The normalized spacial score (nSPS) is 12.4. The third-order valence-electron chi connectivity index (χ3n) is 2.59. The Morgan fingerprint density at radius 3 is 2.53 bits per heavy atom. The highest BCUT2D eigenvalue weighted by molar-refractivity contribution is 7.99. The highest BCUT2D eigenvalue weighted by atomic mass is 32.2. The quantitative estimate of drug-likeness (QED) is 0.839. The highest BCUT2D eigenvalue weighted by Crippen LogP contribution is 2.23. The Bertz CT molecular complexity index is 453. The molecule has 0 amide bonds. The Morgan fingerprint density at radius 1 is 1.18 bits per heavy atom. The first-order chi connectivity index (χ1) is 8.31. The van der Waals surface area contributed by atoms with Crippen LogP contribution in [0.15, 0.2) is 53.7 Å². The van der Waals surface area contributed by atoms with Crippen LogP contribution in [0, 0.1) is 0 Å². The summed E-state index contributed by atoms with van der Waals surface area (Å²) in [6.07, 6.45) is 3.58. The summed E-state index contributed by atoms with van der Waals surface area (Å²) in [5.41, 5.74) is 8.36. The second kappa shape index (κ2) is 5.84. The van der Waals surface area contributed by atoms with Crippen LogP contribution in [0.2, 0.25) is 0 Å². The van der Waals surface area contributed by atoms with E-state index in [0.717, 1.165) is 16.9 Å². The Labute approximate surface area is 106 Å². The molecule has 0 spiro atoms. The lowest BCUT2D eigenvalue weighted by atomic mass is 10.0. The van der Waals surface area contributed by atoms with Crippen molar-refractivity contribution in [3.63, 3.8) is 0 Å². The smallest absolute Gasteiger partial charge is 0.0566 e. The zero-order valence-electron chi connectivity index (χ0n) is 9.84. The minimum Gasteiger partial charge on any atom is -0.320 e. The molecule has 0 fully saturated rings. The summed E-state index contributed by atoms with van der Waals surface area (Å²) in [7, 11) is 0. The van der Waals surface area contributed by atoms with Crippen LogP contribution < -0.4 is 5.73 Å². The fourth-order valence-corrected chi connectivity index (χ4v) is 2.35. The van der Waals surface area contributed by atoms with Gasteiger partial charge >= 0.3 is 0 Å². The Morgan fingerprint density at radius 2 is 1.94 bits per heavy atom. The first-order valence-corrected chi connectivity index (χ1v) is 6.68. The first-order valence-electron chi connectivity index (χ1n) is 5.69. The van der Waals surface area contributed by atoms with Crippen LogP contribution in [-0.2, 0) is 0 Å². The summed E-state index contributed by atoms with van der Waals surface area (Å²) in [5.74, 6) is 1.09. The molecule has 17 heavy (non-hydrogen) atoms. The maximum atomic E-state index is 6.19. The van der Waals surface area contributed by atoms with Gasteiger partial charge in [-0.15, -0.1) is 11.8 Å². The zero-order valence-corrected chi connectivity index (χ0v) is 10.7. The lowest BCUT2D eigenvalue weighted by Crippen LogP contribution is -2.11. The van der Waals surface area contributed by atoms with Gasteiger partial charge in [0.15, 0.2) is 0 Å². The second-order valence-corrected chi connectivity index (χ2v) is 5.10. The molecule has 0 radical (unpaired) electrons. The molecule has 1 heterocycles. The van der Waals surface area contributed by atoms with Crippen LogP contribution >= 0.6 is 11.8 Å². The minimum absolute atomic E-state index is 0.0932. The standard InChI is InChI=1S/C14H16N2S/c1-2-17-13-7-5-11(6-8-13)14(15)12-4-3-9-16-10-12/h3-10,14H,2,15H2,1H3. The molecule has 2 nitrogen and oxygen atoms in total. The molecule has 0 saturated carbocycles. The van der Waals surface area contributed by atoms with E-state index >= 15 is 0 Å². The van der Waals surface area contributed by atoms with Gasteiger partial charge in [-0.1, -0.05) is 25.1 Å². The van der Waals surface area contributed by atoms with E-state index in [2.05, 4.69) is 36.2 Å². The molecule has 1 atom stereocenters. The second-order valence-electron chi connectivity index (χ2n) is 3.77. The van der Waals surface area contributed by atoms with Crippen molar-refractivity contribution in [2.45, 2.75) is 17.9 Å². The number of hydrogen-bond donors (Lipinski definition) is 1. The number of hydrogen-bond acceptors (Lipinski definition) is 3. The lowest BCUT2D eigenvalue weighted by molar-refractivity contribution is 0.861. The van der Waals surface area contributed by atoms with Crippen LogP contribution in [0.1, 0.15) is 24.1 Å². The van der Waals surface area contributed by atoms with Crippen molar-refractivity contribution in [3.8, 4) is 0 Å². The summed E-state index contributed by atoms with van der Waals surface area (Å²) < 4.78 is 0. The van der Waals surface area contributed by atoms with E-state index in [4.69, 9.17) is 5.73 Å². The number of thioether (sulfide) groups is 1. The molecule has 0 aliphatic rings. The molecule has 0 saturated heterocycles. The summed E-state index contributed by atoms with van der Waals surface area (Å²) in [6.45, 7) is 2.15. The van der Waals surface area contributed by atoms with Crippen LogP contribution in [-0.4, -0.2) is 10.7 Å². The predicted molar refractivity (Wildman–Crippen MR) is 73.1 cm³/mol. The van der Waals surface area contributed by atoms with Gasteiger partial charge in [0.1, 0.15) is 0 Å². The van der Waals surface area contributed by atoms with E-state index in [1.807, 2.05) is 30.1 Å². The van der Waals surface area contributed by atoms with Crippen LogP contribution in [0.25, 0.3) is 0 Å². The fourth-order valence-electron chi connectivity index (χ4n) is 1.69. The van der Waals surface area contributed by atoms with Gasteiger partial charge in [0.05, 0.1) is 6.04 Å². The number of pyridine rings is 1. The molecular formula is C14H16N2S. The van der Waals surface area contributed by atoms with Gasteiger partial charge < -0.3 is 5.73 Å². The topological polar surface area (TPSA) is 38.9 Å². The van der Waals surface area contributed by atoms with Crippen LogP contribution in [0.4, 0.5) is 0 Å². The van der Waals surface area contributed by atoms with Crippen molar-refractivity contribution in [2.24, 2.45) is 5.73 Å². The molecule has 2 rings (SSSR count). The molecule has 1 unspecified atom stereocenters. The Kier molecular flexibility index (Phi) is 4.18. The van der Waals surface area contributed by atoms with Crippen molar-refractivity contribution in [1.29, 1.82) is 0 Å². The molecule has 3 heteroatoms. The van der Waals surface area contributed by atoms with E-state index in [0.29, 0.717) is 0 Å². The van der Waals surface area contributed by atoms with Gasteiger partial charge in [0.25, 0.3) is 0 Å². The number of aromatic nitrogens is 1. The maximum Gasteiger partial charge on any atom is 0.0566 e. The summed E-state index contributed by atoms with van der Waals surface area (Å²) in [6, 6.07) is 12.3. The molecule has 0 aliphatic carbocycles. The Hall–Kier alpha value is -1.32. The molecule has 1 aromatic carbocycles. The summed E-state index contributed by atoms with van der Waals surface area (Å²) >= 11 is 1.84. The van der Waals surface area contributed by atoms with Crippen molar-refractivity contribution in [3.05, 3.63) is 59.9 Å². The molecule has 0 aliphatic heterocycles. The van der Waals surface area contributed by atoms with E-state index in [1.54, 1.807) is 6.20 Å². The number of rotatable bonds is 4. The highest BCUT2D eigenvalue weighted by Gasteiger charge is 2.08. The van der Waals surface area contributed by atoms with E-state index in [9.17, 15) is 0 Å². The number of benzene rings is 1. The van der Waals surface area contributed by atoms with Gasteiger partial charge in [-0.2, -0.15) is 0 Å². The van der Waals surface area contributed by atoms with E-state index in [-0.39, 0.29) is 6.04 Å². The number of nitrogens with two attached hydrogens (primary N) is 1. The van der Waals surface area contributed by atoms with Crippen molar-refractivity contribution in [1.82, 2.24) is 4.98 Å². The van der Waals surface area contributed by atoms with Crippen molar-refractivity contribution < 1.29 is 0 Å². The third kappa shape index (κ3) is 3.08. The van der Waals surface area contributed by atoms with Crippen LogP contribution in [0.5, 0.6) is 0 Å². The largest absolute Gasteiger partial charge is 0.320 e. The summed E-state index contributed by atoms with van der Waals surface area (Å²) in [5, 5.41) is 0. The molecule has 1 aromatic heterocycles. The van der Waals surface area contributed by atoms with Crippen molar-refractivity contribution >= 4 is 11.8 Å². The minimum atomic E-state index is -0.0932. The first kappa shape index (κ1) is 12.1. The van der Waals surface area contributed by atoms with Crippen molar-refractivity contribution in [2.75, 3.05) is 5.75 Å². The maximum absolute atomic E-state index is 6.19. The van der Waals surface area contributed by atoms with Gasteiger partial charge in [-0.25, -0.2) is 0 Å². The molecule has 2 N–H and O–H groups in total. The van der Waals surface area contributed by atoms with Gasteiger partial charge in [-0.05, 0) is 35.1 Å². The lowest BCUT2D eigenvalue weighted by Gasteiger charge is -2.12. The predicted octanol–water partition coefficient (Wildman–Crippen LogP) is 3.24. The molecule has 88 valence electrons. The third-order valence-corrected chi connectivity index (χ3v) is 3.49. The van der Waals surface area contributed by atoms with Crippen LogP contribution in [0.3, 0.4) is 0 Å².